The van der Waals surface area contributed by atoms with Gasteiger partial charge >= 0.3 is 0 Å². The lowest BCUT2D eigenvalue weighted by Gasteiger charge is -2.21. The van der Waals surface area contributed by atoms with Crippen LogP contribution in [0.15, 0.2) is 334 Å². The number of hydrogen-bond acceptors (Lipinski definition) is 15. The van der Waals surface area contributed by atoms with E-state index >= 15 is 0 Å². The van der Waals surface area contributed by atoms with Crippen LogP contribution in [0.2, 0.25) is 0 Å². The fraction of sp³-hybridized carbons (Fsp3) is 0.344. The summed E-state index contributed by atoms with van der Waals surface area (Å²) in [4.78, 5) is 116. The Hall–Kier alpha value is -15.1. The topological polar surface area (TPSA) is 326 Å². The smallest absolute Gasteiger partial charge is 0.269 e. The lowest BCUT2D eigenvalue weighted by atomic mass is 9.96. The number of pyridine rings is 7. The summed E-state index contributed by atoms with van der Waals surface area (Å²) in [6.45, 7) is 55.1. The van der Waals surface area contributed by atoms with Gasteiger partial charge in [0, 0.05) is 147 Å². The van der Waals surface area contributed by atoms with Crippen LogP contribution in [-0.2, 0) is 16.0 Å². The van der Waals surface area contributed by atoms with Crippen molar-refractivity contribution in [1.82, 2.24) is 70.3 Å². The molecular weight excluding hydrogens is 1830 g/mol. The molecule has 0 spiro atoms. The number of hydrogen-bond donors (Lipinski definition) is 7. The summed E-state index contributed by atoms with van der Waals surface area (Å²) < 4.78 is 5.72. The number of aromatic amines is 6. The highest BCUT2D eigenvalue weighted by atomic mass is 16.5. The number of nitrogens with one attached hydrogen (secondary N) is 7. The van der Waals surface area contributed by atoms with E-state index in [0.717, 1.165) is 79.9 Å². The van der Waals surface area contributed by atoms with Crippen molar-refractivity contribution >= 4 is 66.1 Å². The summed E-state index contributed by atoms with van der Waals surface area (Å²) in [5, 5.41) is 18.0. The zero-order valence-electron chi connectivity index (χ0n) is 91.1. The van der Waals surface area contributed by atoms with E-state index < -0.39 is 0 Å². The van der Waals surface area contributed by atoms with Gasteiger partial charge in [-0.25, -0.2) is 9.97 Å². The van der Waals surface area contributed by atoms with Crippen LogP contribution in [0.1, 0.15) is 337 Å². The number of para-hydroxylation sites is 3. The molecule has 774 valence electrons. The average Bonchev–Trinajstić information content (AvgIpc) is 1.79. The fourth-order valence-electron chi connectivity index (χ4n) is 15.1. The van der Waals surface area contributed by atoms with Crippen LogP contribution in [0.4, 0.5) is 0 Å². The molecule has 17 aromatic rings. The van der Waals surface area contributed by atoms with Crippen LogP contribution in [0.25, 0.3) is 54.3 Å². The molecule has 22 nitrogen and oxygen atoms in total. The van der Waals surface area contributed by atoms with E-state index in [2.05, 4.69) is 283 Å². The van der Waals surface area contributed by atoms with Crippen LogP contribution in [-0.4, -0.2) is 83.4 Å². The normalized spacial score (nSPS) is 11.7. The van der Waals surface area contributed by atoms with E-state index in [1.807, 2.05) is 211 Å². The first-order valence-corrected chi connectivity index (χ1v) is 51.4. The molecule has 22 heteroatoms. The van der Waals surface area contributed by atoms with Crippen LogP contribution in [0.5, 0.6) is 5.75 Å². The minimum Gasteiger partial charge on any atom is -0.493 e. The predicted molar refractivity (Wildman–Crippen MR) is 610 cm³/mol. The number of benzene rings is 7. The SMILES string of the molecule is CC(C)C1=CCC(=O)NC1=O.CC(C)c1[nH]nc2ccccc12.CC(C)c1cc2ccccc2[nH]c1=O.CC(C)c1cc2ccccc2cn1.CC(C)c1cc2cnccc2[nH]c1=O.CC(C)c1ccc2ccccc2c1.CC(C)c1ccc[nH]c1=O.CC(C)c1ccc[nH]c1=O.CC(C)c1cccc2c1OCCC2.CC(C)c1ccccc1.CC(C)c1ccccn1.CC(C)c1ncc[nH]c1=O.CC(C)c1ncccn1. The maximum atomic E-state index is 11.6. The third-order valence-corrected chi connectivity index (χ3v) is 23.8. The zero-order valence-corrected chi connectivity index (χ0v) is 91.1. The van der Waals surface area contributed by atoms with Gasteiger partial charge in [-0.15, -0.1) is 0 Å². The van der Waals surface area contributed by atoms with E-state index in [1.54, 1.807) is 55.5 Å². The molecule has 0 radical (unpaired) electrons. The summed E-state index contributed by atoms with van der Waals surface area (Å²) in [6, 6.07) is 79.6. The van der Waals surface area contributed by atoms with Crippen LogP contribution >= 0.6 is 0 Å². The molecule has 0 unspecified atom stereocenters. The number of imide groups is 1. The van der Waals surface area contributed by atoms with Crippen molar-refractivity contribution in [3.05, 3.63) is 435 Å². The standard InChI is InChI=1S/C13H14.C12H13NO.C12H13N.C12H16O.C11H12N2O.C10H12N2.C9H12.C8H11NO2.2C8H11NO.C8H11N.C7H10N2O.C7H10N2/c1-10(2)12-8-7-11-5-3-4-6-13(11)9-12;1-8(2)10-7-9-5-3-4-6-11(9)13-12(10)14;1-9(2)12-7-10-5-3-4-6-11(10)8-13-12;1-9(2)11-7-3-5-10-6-4-8-13-12(10)11;1-7(2)9-5-8-6-12-4-3-10(8)13-11(9)14;1-7(2)10-8-5-3-4-6-9(8)11-12-10;1-8(2)9-6-4-3-5-7-9;1-5(2)6-3-4-7(10)9-8(6)11;2*1-6(2)7-4-3-5-9-8(7)10;1-7(2)8-5-3-4-6-9-8;1-5(2)6-7(10)9-4-3-8-6;1-6(2)7-8-4-3-5-9-7/h3-10H,1-2H3;3-8H,1-2H3,(H,13,14);3-9H,1-2H3;3,5,7,9H,4,6,8H2,1-2H3;3-7H,1-2H3,(H,13,14);3-7H,1-2H3,(H,11,12);3-8H,1-2H3;3,5H,4H2,1-2H3,(H,9,10,11);2*3-6H,1-2H3,(H,9,10);3-7H,1-2H3;3-5H,1-2H3,(H,9,10);3-6H,1-2H3. The molecular formula is C125H156N14O8. The molecule has 2 aliphatic heterocycles. The monoisotopic (exact) mass is 1980 g/mol. The van der Waals surface area contributed by atoms with E-state index in [-0.39, 0.29) is 63.3 Å². The highest BCUT2D eigenvalue weighted by molar-refractivity contribution is 6.07. The Morgan fingerprint density at radius 1 is 0.320 bits per heavy atom. The summed E-state index contributed by atoms with van der Waals surface area (Å²) in [5.41, 5.74) is 16.6. The molecule has 12 heterocycles. The van der Waals surface area contributed by atoms with Crippen molar-refractivity contribution in [3.63, 3.8) is 0 Å². The highest BCUT2D eigenvalue weighted by Crippen LogP contribution is 2.34. The third kappa shape index (κ3) is 39.8. The van der Waals surface area contributed by atoms with E-state index in [4.69, 9.17) is 4.74 Å². The van der Waals surface area contributed by atoms with Gasteiger partial charge in [-0.2, -0.15) is 5.10 Å². The maximum Gasteiger partial charge on any atom is 0.269 e. The summed E-state index contributed by atoms with van der Waals surface area (Å²) in [7, 11) is 0. The Bertz CT molecular complexity index is 6770. The number of amides is 2. The van der Waals surface area contributed by atoms with Crippen molar-refractivity contribution in [3.8, 4) is 5.75 Å². The number of rotatable bonds is 13. The third-order valence-electron chi connectivity index (χ3n) is 23.8. The number of carbonyl (C=O) groups excluding carboxylic acids is 2. The molecule has 19 rings (SSSR count). The maximum absolute atomic E-state index is 11.6. The number of carbonyl (C=O) groups is 2. The highest BCUT2D eigenvalue weighted by Gasteiger charge is 2.21. The van der Waals surface area contributed by atoms with Crippen molar-refractivity contribution in [1.29, 1.82) is 0 Å². The van der Waals surface area contributed by atoms with E-state index in [0.29, 0.717) is 70.9 Å². The molecule has 2 aliphatic rings. The molecule has 147 heavy (non-hydrogen) atoms. The Morgan fingerprint density at radius 3 is 1.33 bits per heavy atom. The number of aromatic nitrogens is 13. The first kappa shape index (κ1) is 119. The number of nitrogens with zero attached hydrogens (tertiary/aromatic N) is 7. The number of aryl methyl sites for hydroxylation is 1. The second-order valence-corrected chi connectivity index (χ2v) is 39.9. The van der Waals surface area contributed by atoms with Gasteiger partial charge in [0.15, 0.2) is 0 Å². The molecule has 0 saturated heterocycles. The van der Waals surface area contributed by atoms with Crippen LogP contribution in [0.3, 0.4) is 0 Å². The quantitative estimate of drug-likeness (QED) is 0.0528. The molecule has 2 amide bonds. The molecule has 7 aromatic carbocycles. The predicted octanol–water partition coefficient (Wildman–Crippen LogP) is 29.0. The average molecular weight is 1980 g/mol. The second kappa shape index (κ2) is 61.9. The van der Waals surface area contributed by atoms with Gasteiger partial charge < -0.3 is 29.7 Å². The molecule has 0 aliphatic carbocycles. The van der Waals surface area contributed by atoms with Crippen molar-refractivity contribution in [2.24, 2.45) is 5.92 Å². The molecule has 0 atom stereocenters. The Morgan fingerprint density at radius 2 is 0.837 bits per heavy atom. The van der Waals surface area contributed by atoms with E-state index in [1.165, 1.54) is 73.2 Å². The lowest BCUT2D eigenvalue weighted by molar-refractivity contribution is -0.129. The van der Waals surface area contributed by atoms with E-state index in [9.17, 15) is 33.6 Å². The molecule has 7 N–H and O–H groups in total. The first-order valence-electron chi connectivity index (χ1n) is 51.4. The van der Waals surface area contributed by atoms with Crippen molar-refractivity contribution in [2.45, 2.75) is 270 Å². The van der Waals surface area contributed by atoms with Gasteiger partial charge in [-0.3, -0.25) is 63.9 Å². The zero-order chi connectivity index (χ0) is 108. The van der Waals surface area contributed by atoms with Gasteiger partial charge in [0.25, 0.3) is 33.7 Å². The molecule has 0 fully saturated rings. The number of fused-ring (bicyclic) bond motifs is 6. The van der Waals surface area contributed by atoms with Gasteiger partial charge in [-0.1, -0.05) is 356 Å². The van der Waals surface area contributed by atoms with Crippen LogP contribution in [0, 0.1) is 5.92 Å². The number of H-pyrrole nitrogens is 6. The molecule has 10 aromatic heterocycles. The molecule has 0 saturated carbocycles. The Kier molecular flexibility index (Phi) is 50.1. The van der Waals surface area contributed by atoms with Crippen LogP contribution < -0.4 is 37.8 Å². The Labute approximate surface area is 869 Å². The second-order valence-electron chi connectivity index (χ2n) is 39.9. The summed E-state index contributed by atoms with van der Waals surface area (Å²) in [6.07, 6.45) is 21.5. The summed E-state index contributed by atoms with van der Waals surface area (Å²) >= 11 is 0. The lowest BCUT2D eigenvalue weighted by Crippen LogP contribution is -2.35. The molecule has 0 bridgehead atoms. The van der Waals surface area contributed by atoms with Gasteiger partial charge in [-0.05, 0) is 188 Å². The van der Waals surface area contributed by atoms with Gasteiger partial charge in [0.05, 0.1) is 17.6 Å². The summed E-state index contributed by atoms with van der Waals surface area (Å²) in [5.74, 6) is 6.98. The minimum atomic E-state index is -0.240. The number of ether oxygens (including phenoxy) is 1. The Balaban J connectivity index is 0.000000216. The van der Waals surface area contributed by atoms with Gasteiger partial charge in [0.2, 0.25) is 5.91 Å². The first-order chi connectivity index (χ1) is 70.1. The largest absolute Gasteiger partial charge is 0.493 e. The fourth-order valence-corrected chi connectivity index (χ4v) is 15.1. The van der Waals surface area contributed by atoms with Crippen molar-refractivity contribution < 1.29 is 14.3 Å². The van der Waals surface area contributed by atoms with Gasteiger partial charge in [0.1, 0.15) is 17.3 Å². The minimum absolute atomic E-state index is 0.00120. The van der Waals surface area contributed by atoms with Crippen molar-refractivity contribution in [2.75, 3.05) is 6.61 Å².